The average Bonchev–Trinajstić information content (AvgIpc) is 3.15. The number of hydrogen-bond acceptors (Lipinski definition) is 0. The third-order valence-corrected chi connectivity index (χ3v) is 4.35. The summed E-state index contributed by atoms with van der Waals surface area (Å²) < 4.78 is 0. The number of fused-ring (bicyclic) bond motifs is 4. The lowest BCUT2D eigenvalue weighted by atomic mass is 10.0. The van der Waals surface area contributed by atoms with Crippen LogP contribution in [0, 0.1) is 0 Å². The van der Waals surface area contributed by atoms with E-state index in [1.54, 1.807) is 0 Å². The van der Waals surface area contributed by atoms with Crippen LogP contribution in [-0.4, -0.2) is 9.97 Å². The fourth-order valence-corrected chi connectivity index (χ4v) is 3.34. The molecule has 3 aromatic carbocycles. The minimum absolute atomic E-state index is 1.16. The van der Waals surface area contributed by atoms with Crippen molar-refractivity contribution < 1.29 is 0 Å². The summed E-state index contributed by atoms with van der Waals surface area (Å²) in [6.07, 6.45) is 0. The van der Waals surface area contributed by atoms with Gasteiger partial charge in [-0.3, -0.25) is 0 Å². The first-order valence-corrected chi connectivity index (χ1v) is 7.48. The second-order valence-corrected chi connectivity index (χ2v) is 5.67. The number of H-pyrrole nitrogens is 2. The Labute approximate surface area is 127 Å². The Morgan fingerprint density at radius 3 is 2.27 bits per heavy atom. The lowest BCUT2D eigenvalue weighted by Crippen LogP contribution is -1.79. The normalized spacial score (nSPS) is 11.6. The van der Waals surface area contributed by atoms with Crippen molar-refractivity contribution in [2.24, 2.45) is 0 Å². The van der Waals surface area contributed by atoms with Crippen LogP contribution in [0.1, 0.15) is 0 Å². The van der Waals surface area contributed by atoms with Gasteiger partial charge in [-0.05, 0) is 24.3 Å². The van der Waals surface area contributed by atoms with Gasteiger partial charge in [0.2, 0.25) is 0 Å². The topological polar surface area (TPSA) is 31.6 Å². The highest BCUT2D eigenvalue weighted by Gasteiger charge is 2.11. The van der Waals surface area contributed by atoms with E-state index in [1.165, 1.54) is 38.3 Å². The van der Waals surface area contributed by atoms with E-state index in [2.05, 4.69) is 82.8 Å². The minimum atomic E-state index is 1.16. The van der Waals surface area contributed by atoms with Crippen LogP contribution in [0.3, 0.4) is 0 Å². The summed E-state index contributed by atoms with van der Waals surface area (Å²) in [4.78, 5) is 7.05. The monoisotopic (exact) mass is 282 g/mol. The number of aromatic nitrogens is 2. The molecule has 2 N–H and O–H groups in total. The first kappa shape index (κ1) is 11.6. The van der Waals surface area contributed by atoms with E-state index >= 15 is 0 Å². The van der Waals surface area contributed by atoms with Crippen molar-refractivity contribution in [3.05, 3.63) is 72.8 Å². The van der Waals surface area contributed by atoms with Gasteiger partial charge in [0, 0.05) is 44.0 Å². The predicted octanol–water partition coefficient (Wildman–Crippen LogP) is 5.47. The summed E-state index contributed by atoms with van der Waals surface area (Å²) in [6, 6.07) is 25.5. The molecule has 2 heteroatoms. The zero-order chi connectivity index (χ0) is 14.5. The van der Waals surface area contributed by atoms with Crippen LogP contribution in [0.25, 0.3) is 44.0 Å². The largest absolute Gasteiger partial charge is 0.355 e. The summed E-state index contributed by atoms with van der Waals surface area (Å²) in [5.74, 6) is 0. The maximum Gasteiger partial charge on any atom is 0.0471 e. The molecule has 0 aliphatic carbocycles. The van der Waals surface area contributed by atoms with Crippen LogP contribution in [0.4, 0.5) is 0 Å². The number of hydrogen-bond donors (Lipinski definition) is 2. The molecule has 2 heterocycles. The smallest absolute Gasteiger partial charge is 0.0471 e. The molecule has 22 heavy (non-hydrogen) atoms. The molecule has 0 saturated heterocycles. The van der Waals surface area contributed by atoms with E-state index in [-0.39, 0.29) is 0 Å². The highest BCUT2D eigenvalue weighted by molar-refractivity contribution is 6.14. The maximum atomic E-state index is 3.54. The van der Waals surface area contributed by atoms with E-state index in [0.717, 1.165) is 5.69 Å². The molecule has 0 bridgehead atoms. The molecule has 5 rings (SSSR count). The Bertz CT molecular complexity index is 1100. The third-order valence-electron chi connectivity index (χ3n) is 4.35. The van der Waals surface area contributed by atoms with Crippen molar-refractivity contribution in [3.63, 3.8) is 0 Å². The van der Waals surface area contributed by atoms with Gasteiger partial charge in [-0.2, -0.15) is 0 Å². The van der Waals surface area contributed by atoms with Gasteiger partial charge in [-0.1, -0.05) is 48.5 Å². The van der Waals surface area contributed by atoms with Gasteiger partial charge in [0.1, 0.15) is 0 Å². The van der Waals surface area contributed by atoms with E-state index in [1.807, 2.05) is 0 Å². The number of para-hydroxylation sites is 2. The highest BCUT2D eigenvalue weighted by atomic mass is 14.7. The molecule has 0 saturated carbocycles. The second-order valence-electron chi connectivity index (χ2n) is 5.67. The van der Waals surface area contributed by atoms with Crippen molar-refractivity contribution in [1.29, 1.82) is 0 Å². The molecule has 0 aliphatic rings. The first-order chi connectivity index (χ1) is 10.9. The quantitative estimate of drug-likeness (QED) is 0.408. The van der Waals surface area contributed by atoms with Gasteiger partial charge in [-0.15, -0.1) is 0 Å². The van der Waals surface area contributed by atoms with E-state index < -0.39 is 0 Å². The average molecular weight is 282 g/mol. The standard InChI is InChI=1S/C20H14N2/c1-3-9-16-13(6-1)12-19(21-16)15-8-5-11-18-20(15)14-7-2-4-10-17(14)22-18/h1-12,21-22H. The van der Waals surface area contributed by atoms with Gasteiger partial charge in [0.25, 0.3) is 0 Å². The van der Waals surface area contributed by atoms with Gasteiger partial charge in [-0.25, -0.2) is 0 Å². The third kappa shape index (κ3) is 1.55. The number of benzene rings is 3. The molecular weight excluding hydrogens is 268 g/mol. The van der Waals surface area contributed by atoms with Crippen LogP contribution in [0.2, 0.25) is 0 Å². The van der Waals surface area contributed by atoms with Crippen LogP contribution >= 0.6 is 0 Å². The Morgan fingerprint density at radius 2 is 1.36 bits per heavy atom. The molecule has 104 valence electrons. The molecule has 5 aromatic rings. The molecule has 0 atom stereocenters. The molecule has 0 fully saturated rings. The summed E-state index contributed by atoms with van der Waals surface area (Å²) in [7, 11) is 0. The molecule has 0 radical (unpaired) electrons. The van der Waals surface area contributed by atoms with E-state index in [0.29, 0.717) is 0 Å². The Kier molecular flexibility index (Phi) is 2.25. The Hall–Kier alpha value is -3.00. The Morgan fingerprint density at radius 1 is 0.591 bits per heavy atom. The zero-order valence-corrected chi connectivity index (χ0v) is 11.9. The SMILES string of the molecule is c1ccc2[nH]c(-c3cccc4[nH]c5ccccc5c34)cc2c1. The van der Waals surface area contributed by atoms with Gasteiger partial charge in [0.15, 0.2) is 0 Å². The fraction of sp³-hybridized carbons (Fsp3) is 0. The van der Waals surface area contributed by atoms with Gasteiger partial charge < -0.3 is 9.97 Å². The molecule has 2 aromatic heterocycles. The molecule has 0 amide bonds. The van der Waals surface area contributed by atoms with E-state index in [9.17, 15) is 0 Å². The molecule has 0 unspecified atom stereocenters. The van der Waals surface area contributed by atoms with Crippen molar-refractivity contribution in [2.75, 3.05) is 0 Å². The fourth-order valence-electron chi connectivity index (χ4n) is 3.34. The van der Waals surface area contributed by atoms with E-state index in [4.69, 9.17) is 0 Å². The predicted molar refractivity (Wildman–Crippen MR) is 93.1 cm³/mol. The van der Waals surface area contributed by atoms with Crippen LogP contribution in [0.5, 0.6) is 0 Å². The Balaban J connectivity index is 1.90. The number of aromatic amines is 2. The number of nitrogens with one attached hydrogen (secondary N) is 2. The van der Waals surface area contributed by atoms with Crippen LogP contribution < -0.4 is 0 Å². The molecule has 0 aliphatic heterocycles. The molecule has 0 spiro atoms. The second kappa shape index (κ2) is 4.25. The van der Waals surface area contributed by atoms with Crippen LogP contribution in [0.15, 0.2) is 72.8 Å². The maximum absolute atomic E-state index is 3.54. The zero-order valence-electron chi connectivity index (χ0n) is 11.9. The minimum Gasteiger partial charge on any atom is -0.355 e. The van der Waals surface area contributed by atoms with Crippen LogP contribution in [-0.2, 0) is 0 Å². The summed E-state index contributed by atoms with van der Waals surface area (Å²) in [5, 5.41) is 3.80. The molecular formula is C20H14N2. The molecule has 2 nitrogen and oxygen atoms in total. The van der Waals surface area contributed by atoms with Crippen molar-refractivity contribution in [3.8, 4) is 11.3 Å². The summed E-state index contributed by atoms with van der Waals surface area (Å²) >= 11 is 0. The first-order valence-electron chi connectivity index (χ1n) is 7.48. The van der Waals surface area contributed by atoms with Crippen molar-refractivity contribution in [2.45, 2.75) is 0 Å². The van der Waals surface area contributed by atoms with Gasteiger partial charge >= 0.3 is 0 Å². The van der Waals surface area contributed by atoms with Crippen molar-refractivity contribution in [1.82, 2.24) is 9.97 Å². The summed E-state index contributed by atoms with van der Waals surface area (Å²) in [5.41, 5.74) is 5.94. The lowest BCUT2D eigenvalue weighted by molar-refractivity contribution is 1.46. The highest BCUT2D eigenvalue weighted by Crippen LogP contribution is 2.35. The summed E-state index contributed by atoms with van der Waals surface area (Å²) in [6.45, 7) is 0. The number of rotatable bonds is 1. The van der Waals surface area contributed by atoms with Gasteiger partial charge in [0.05, 0.1) is 0 Å². The van der Waals surface area contributed by atoms with Crippen molar-refractivity contribution >= 4 is 32.7 Å². The lowest BCUT2D eigenvalue weighted by Gasteiger charge is -2.01.